The Morgan fingerprint density at radius 2 is 1.83 bits per heavy atom. The molecule has 0 saturated carbocycles. The van der Waals surface area contributed by atoms with Gasteiger partial charge in [0.15, 0.2) is 0 Å². The maximum Gasteiger partial charge on any atom is 0.227 e. The number of benzene rings is 1. The van der Waals surface area contributed by atoms with Gasteiger partial charge in [0.2, 0.25) is 5.91 Å². The van der Waals surface area contributed by atoms with Crippen molar-refractivity contribution in [2.24, 2.45) is 0 Å². The highest BCUT2D eigenvalue weighted by Crippen LogP contribution is 2.23. The van der Waals surface area contributed by atoms with Crippen LogP contribution in [0.3, 0.4) is 0 Å². The number of H-pyrrole nitrogens is 1. The zero-order chi connectivity index (χ0) is 16.4. The van der Waals surface area contributed by atoms with Gasteiger partial charge < -0.3 is 9.80 Å². The maximum atomic E-state index is 12.9. The van der Waals surface area contributed by atoms with E-state index in [0.29, 0.717) is 19.5 Å². The van der Waals surface area contributed by atoms with Crippen molar-refractivity contribution in [3.63, 3.8) is 0 Å². The first-order chi connectivity index (χ1) is 11.0. The lowest BCUT2D eigenvalue weighted by Gasteiger charge is -2.36. The number of carbonyl (C=O) groups is 1. The van der Waals surface area contributed by atoms with E-state index in [4.69, 9.17) is 0 Å². The summed E-state index contributed by atoms with van der Waals surface area (Å²) in [5, 5.41) is 7.23. The second-order valence-electron chi connectivity index (χ2n) is 5.95. The Bertz CT molecular complexity index is 668. The topological polar surface area (TPSA) is 52.2 Å². The van der Waals surface area contributed by atoms with Crippen molar-refractivity contribution in [1.82, 2.24) is 15.1 Å². The van der Waals surface area contributed by atoms with E-state index >= 15 is 0 Å². The van der Waals surface area contributed by atoms with Gasteiger partial charge in [0, 0.05) is 26.2 Å². The van der Waals surface area contributed by atoms with Crippen LogP contribution in [0.2, 0.25) is 0 Å². The number of rotatable bonds is 3. The van der Waals surface area contributed by atoms with Crippen LogP contribution in [-0.2, 0) is 11.2 Å². The van der Waals surface area contributed by atoms with Crippen LogP contribution in [0.1, 0.15) is 17.0 Å². The van der Waals surface area contributed by atoms with Gasteiger partial charge in [0.1, 0.15) is 5.82 Å². The van der Waals surface area contributed by atoms with E-state index in [0.717, 1.165) is 35.7 Å². The summed E-state index contributed by atoms with van der Waals surface area (Å²) in [5.74, 6) is -0.183. The summed E-state index contributed by atoms with van der Waals surface area (Å²) in [6.07, 6.45) is 0.323. The number of piperazine rings is 1. The number of anilines is 1. The molecule has 5 nitrogen and oxygen atoms in total. The number of aromatic amines is 1. The molecule has 1 fully saturated rings. The second kappa shape index (κ2) is 6.40. The highest BCUT2D eigenvalue weighted by atomic mass is 19.1. The fourth-order valence-electron chi connectivity index (χ4n) is 3.08. The van der Waals surface area contributed by atoms with Gasteiger partial charge in [0.05, 0.1) is 23.5 Å². The number of amides is 1. The van der Waals surface area contributed by atoms with Crippen molar-refractivity contribution in [3.05, 3.63) is 47.0 Å². The van der Waals surface area contributed by atoms with Gasteiger partial charge >= 0.3 is 0 Å². The molecular weight excluding hydrogens is 295 g/mol. The fraction of sp³-hybridized carbons (Fsp3) is 0.412. The minimum Gasteiger partial charge on any atom is -0.365 e. The average molecular weight is 316 g/mol. The van der Waals surface area contributed by atoms with Gasteiger partial charge in [-0.2, -0.15) is 5.10 Å². The predicted molar refractivity (Wildman–Crippen MR) is 87.0 cm³/mol. The number of halogens is 1. The Kier molecular flexibility index (Phi) is 4.32. The third-order valence-electron chi connectivity index (χ3n) is 4.31. The molecule has 1 aliphatic heterocycles. The molecule has 1 aromatic carbocycles. The molecule has 23 heavy (non-hydrogen) atoms. The van der Waals surface area contributed by atoms with Crippen LogP contribution in [0.4, 0.5) is 10.1 Å². The summed E-state index contributed by atoms with van der Waals surface area (Å²) in [6, 6.07) is 6.12. The molecule has 0 radical (unpaired) electrons. The number of carbonyl (C=O) groups excluding carboxylic acids is 1. The highest BCUT2D eigenvalue weighted by molar-refractivity contribution is 5.79. The van der Waals surface area contributed by atoms with Crippen LogP contribution in [0, 0.1) is 19.7 Å². The third-order valence-corrected chi connectivity index (χ3v) is 4.31. The minimum absolute atomic E-state index is 0.0943. The first kappa shape index (κ1) is 15.5. The van der Waals surface area contributed by atoms with Crippen molar-refractivity contribution < 1.29 is 9.18 Å². The van der Waals surface area contributed by atoms with Gasteiger partial charge in [-0.05, 0) is 31.5 Å². The molecule has 1 saturated heterocycles. The standard InChI is InChI=1S/C17H21FN4O/c1-12-17(13(2)20-19-12)22-9-7-21(8-10-22)16(23)11-14-3-5-15(18)6-4-14/h3-6H,7-11H2,1-2H3,(H,19,20). The second-order valence-corrected chi connectivity index (χ2v) is 5.95. The molecule has 122 valence electrons. The summed E-state index contributed by atoms with van der Waals surface area (Å²) >= 11 is 0. The lowest BCUT2D eigenvalue weighted by molar-refractivity contribution is -0.130. The van der Waals surface area contributed by atoms with E-state index in [9.17, 15) is 9.18 Å². The van der Waals surface area contributed by atoms with Gasteiger partial charge in [-0.25, -0.2) is 4.39 Å². The number of hydrogen-bond acceptors (Lipinski definition) is 3. The first-order valence-corrected chi connectivity index (χ1v) is 7.83. The molecule has 1 aromatic heterocycles. The van der Waals surface area contributed by atoms with Crippen molar-refractivity contribution >= 4 is 11.6 Å². The Morgan fingerprint density at radius 3 is 2.39 bits per heavy atom. The molecular formula is C17H21FN4O. The Labute approximate surface area is 135 Å². The van der Waals surface area contributed by atoms with Crippen LogP contribution in [0.15, 0.2) is 24.3 Å². The number of nitrogens with one attached hydrogen (secondary N) is 1. The molecule has 1 N–H and O–H groups in total. The molecule has 3 rings (SSSR count). The van der Waals surface area contributed by atoms with Crippen LogP contribution < -0.4 is 4.90 Å². The molecule has 1 aliphatic rings. The van der Waals surface area contributed by atoms with Crippen LogP contribution >= 0.6 is 0 Å². The predicted octanol–water partition coefficient (Wildman–Crippen LogP) is 2.06. The molecule has 0 aliphatic carbocycles. The maximum absolute atomic E-state index is 12.9. The smallest absolute Gasteiger partial charge is 0.227 e. The van der Waals surface area contributed by atoms with Crippen molar-refractivity contribution in [1.29, 1.82) is 0 Å². The summed E-state index contributed by atoms with van der Waals surface area (Å²) < 4.78 is 12.9. The third kappa shape index (κ3) is 3.36. The Balaban J connectivity index is 1.58. The Hall–Kier alpha value is -2.37. The molecule has 6 heteroatoms. The normalized spacial score (nSPS) is 15.1. The molecule has 0 unspecified atom stereocenters. The van der Waals surface area contributed by atoms with Crippen molar-refractivity contribution in [2.45, 2.75) is 20.3 Å². The number of hydrogen-bond donors (Lipinski definition) is 1. The largest absolute Gasteiger partial charge is 0.365 e. The zero-order valence-electron chi connectivity index (χ0n) is 13.5. The van der Waals surface area contributed by atoms with E-state index in [1.807, 2.05) is 18.7 Å². The lowest BCUT2D eigenvalue weighted by Crippen LogP contribution is -2.49. The summed E-state index contributed by atoms with van der Waals surface area (Å²) in [6.45, 7) is 7.01. The number of aryl methyl sites for hydroxylation is 2. The minimum atomic E-state index is -0.277. The Morgan fingerprint density at radius 1 is 1.17 bits per heavy atom. The molecule has 2 aromatic rings. The fourth-order valence-corrected chi connectivity index (χ4v) is 3.08. The van der Waals surface area contributed by atoms with Crippen molar-refractivity contribution in [3.8, 4) is 0 Å². The van der Waals surface area contributed by atoms with Crippen LogP contribution in [0.25, 0.3) is 0 Å². The van der Waals surface area contributed by atoms with Crippen LogP contribution in [-0.4, -0.2) is 47.2 Å². The van der Waals surface area contributed by atoms with E-state index in [2.05, 4.69) is 15.1 Å². The molecule has 0 atom stereocenters. The van der Waals surface area contributed by atoms with Gasteiger partial charge in [-0.15, -0.1) is 0 Å². The number of aromatic nitrogens is 2. The molecule has 0 bridgehead atoms. The van der Waals surface area contributed by atoms with E-state index in [-0.39, 0.29) is 11.7 Å². The summed E-state index contributed by atoms with van der Waals surface area (Å²) in [4.78, 5) is 16.5. The monoisotopic (exact) mass is 316 g/mol. The quantitative estimate of drug-likeness (QED) is 0.943. The zero-order valence-corrected chi connectivity index (χ0v) is 13.5. The molecule has 2 heterocycles. The van der Waals surface area contributed by atoms with E-state index in [1.54, 1.807) is 12.1 Å². The summed E-state index contributed by atoms with van der Waals surface area (Å²) in [5.41, 5.74) is 4.05. The van der Waals surface area contributed by atoms with Gasteiger partial charge in [-0.3, -0.25) is 9.89 Å². The first-order valence-electron chi connectivity index (χ1n) is 7.83. The molecule has 1 amide bonds. The van der Waals surface area contributed by atoms with Gasteiger partial charge in [0.25, 0.3) is 0 Å². The van der Waals surface area contributed by atoms with E-state index < -0.39 is 0 Å². The van der Waals surface area contributed by atoms with Crippen molar-refractivity contribution in [2.75, 3.05) is 31.1 Å². The average Bonchev–Trinajstić information content (AvgIpc) is 2.88. The molecule has 0 spiro atoms. The lowest BCUT2D eigenvalue weighted by atomic mass is 10.1. The number of nitrogens with zero attached hydrogens (tertiary/aromatic N) is 3. The van der Waals surface area contributed by atoms with Crippen LogP contribution in [0.5, 0.6) is 0 Å². The summed E-state index contributed by atoms with van der Waals surface area (Å²) in [7, 11) is 0. The van der Waals surface area contributed by atoms with E-state index in [1.165, 1.54) is 12.1 Å². The SMILES string of the molecule is Cc1n[nH]c(C)c1N1CCN(C(=O)Cc2ccc(F)cc2)CC1. The highest BCUT2D eigenvalue weighted by Gasteiger charge is 2.24. The van der Waals surface area contributed by atoms with Gasteiger partial charge in [-0.1, -0.05) is 12.1 Å².